The summed E-state index contributed by atoms with van der Waals surface area (Å²) < 4.78 is 5.33. The molecule has 1 amide bonds. The maximum atomic E-state index is 11.8. The van der Waals surface area contributed by atoms with Gasteiger partial charge in [0.25, 0.3) is 0 Å². The SMILES string of the molecule is CC(CN(C)C(=O)OC(C)(C)C)C1CCNC1. The Labute approximate surface area is 105 Å². The molecule has 0 aromatic heterocycles. The molecule has 0 spiro atoms. The third-order valence-electron chi connectivity index (χ3n) is 3.17. The Morgan fingerprint density at radius 2 is 2.18 bits per heavy atom. The first-order valence-corrected chi connectivity index (χ1v) is 6.44. The largest absolute Gasteiger partial charge is 0.444 e. The van der Waals surface area contributed by atoms with E-state index in [0.717, 1.165) is 19.6 Å². The van der Waals surface area contributed by atoms with Crippen molar-refractivity contribution in [2.75, 3.05) is 26.7 Å². The van der Waals surface area contributed by atoms with E-state index in [0.29, 0.717) is 11.8 Å². The Morgan fingerprint density at radius 3 is 2.65 bits per heavy atom. The van der Waals surface area contributed by atoms with Crippen molar-refractivity contribution in [3.05, 3.63) is 0 Å². The van der Waals surface area contributed by atoms with E-state index >= 15 is 0 Å². The fraction of sp³-hybridized carbons (Fsp3) is 0.923. The molecule has 0 bridgehead atoms. The number of rotatable bonds is 3. The fourth-order valence-corrected chi connectivity index (χ4v) is 2.16. The van der Waals surface area contributed by atoms with E-state index in [1.54, 1.807) is 4.90 Å². The standard InChI is InChI=1S/C13H26N2O2/c1-10(11-6-7-14-8-11)9-15(5)12(16)17-13(2,3)4/h10-11,14H,6-9H2,1-5H3. The van der Waals surface area contributed by atoms with Crippen LogP contribution >= 0.6 is 0 Å². The topological polar surface area (TPSA) is 41.6 Å². The summed E-state index contributed by atoms with van der Waals surface area (Å²) in [5, 5.41) is 3.36. The van der Waals surface area contributed by atoms with Gasteiger partial charge >= 0.3 is 6.09 Å². The Balaban J connectivity index is 2.37. The van der Waals surface area contributed by atoms with E-state index in [9.17, 15) is 4.79 Å². The lowest BCUT2D eigenvalue weighted by Gasteiger charge is -2.28. The second-order valence-electron chi connectivity index (χ2n) is 6.09. The molecule has 0 aliphatic carbocycles. The molecule has 2 atom stereocenters. The highest BCUT2D eigenvalue weighted by Crippen LogP contribution is 2.20. The Hall–Kier alpha value is -0.770. The lowest BCUT2D eigenvalue weighted by atomic mass is 9.93. The van der Waals surface area contributed by atoms with Gasteiger partial charge in [-0.1, -0.05) is 6.92 Å². The third-order valence-corrected chi connectivity index (χ3v) is 3.17. The zero-order chi connectivity index (χ0) is 13.1. The van der Waals surface area contributed by atoms with Gasteiger partial charge in [0.15, 0.2) is 0 Å². The molecule has 1 saturated heterocycles. The van der Waals surface area contributed by atoms with E-state index in [1.807, 2.05) is 27.8 Å². The molecule has 0 saturated carbocycles. The van der Waals surface area contributed by atoms with Crippen molar-refractivity contribution in [1.82, 2.24) is 10.2 Å². The molecule has 1 heterocycles. The van der Waals surface area contributed by atoms with Gasteiger partial charge in [0, 0.05) is 13.6 Å². The summed E-state index contributed by atoms with van der Waals surface area (Å²) in [7, 11) is 1.81. The molecular weight excluding hydrogens is 216 g/mol. The minimum absolute atomic E-state index is 0.227. The predicted molar refractivity (Wildman–Crippen MR) is 69.0 cm³/mol. The molecule has 1 aliphatic heterocycles. The van der Waals surface area contributed by atoms with Crippen molar-refractivity contribution < 1.29 is 9.53 Å². The summed E-state index contributed by atoms with van der Waals surface area (Å²) in [4.78, 5) is 13.5. The predicted octanol–water partition coefficient (Wildman–Crippen LogP) is 2.10. The van der Waals surface area contributed by atoms with Gasteiger partial charge in [-0.2, -0.15) is 0 Å². The van der Waals surface area contributed by atoms with Crippen molar-refractivity contribution in [3.63, 3.8) is 0 Å². The van der Waals surface area contributed by atoms with E-state index < -0.39 is 5.60 Å². The van der Waals surface area contributed by atoms with Crippen LogP contribution in [0.3, 0.4) is 0 Å². The number of hydrogen-bond acceptors (Lipinski definition) is 3. The summed E-state index contributed by atoms with van der Waals surface area (Å²) >= 11 is 0. The van der Waals surface area contributed by atoms with Crippen molar-refractivity contribution in [1.29, 1.82) is 0 Å². The molecule has 17 heavy (non-hydrogen) atoms. The summed E-state index contributed by atoms with van der Waals surface area (Å²) in [6.07, 6.45) is 0.985. The molecule has 100 valence electrons. The van der Waals surface area contributed by atoms with Crippen LogP contribution in [-0.4, -0.2) is 43.3 Å². The van der Waals surface area contributed by atoms with Gasteiger partial charge in [0.2, 0.25) is 0 Å². The first kappa shape index (κ1) is 14.3. The second-order valence-corrected chi connectivity index (χ2v) is 6.09. The smallest absolute Gasteiger partial charge is 0.410 e. The van der Waals surface area contributed by atoms with Gasteiger partial charge in [0.05, 0.1) is 0 Å². The molecule has 4 nitrogen and oxygen atoms in total. The first-order valence-electron chi connectivity index (χ1n) is 6.44. The van der Waals surface area contributed by atoms with Crippen LogP contribution < -0.4 is 5.32 Å². The van der Waals surface area contributed by atoms with Crippen LogP contribution in [0.15, 0.2) is 0 Å². The molecule has 0 radical (unpaired) electrons. The minimum atomic E-state index is -0.413. The quantitative estimate of drug-likeness (QED) is 0.824. The molecule has 0 aromatic rings. The number of ether oxygens (including phenoxy) is 1. The third kappa shape index (κ3) is 4.94. The van der Waals surface area contributed by atoms with Crippen LogP contribution in [0.4, 0.5) is 4.79 Å². The highest BCUT2D eigenvalue weighted by Gasteiger charge is 2.25. The first-order chi connectivity index (χ1) is 7.79. The van der Waals surface area contributed by atoms with Gasteiger partial charge in [-0.15, -0.1) is 0 Å². The van der Waals surface area contributed by atoms with Crippen LogP contribution in [0.1, 0.15) is 34.1 Å². The summed E-state index contributed by atoms with van der Waals surface area (Å²) in [6, 6.07) is 0. The van der Waals surface area contributed by atoms with Crippen LogP contribution in [-0.2, 0) is 4.74 Å². The molecule has 1 aliphatic rings. The molecule has 1 rings (SSSR count). The molecule has 0 aromatic carbocycles. The van der Waals surface area contributed by atoms with E-state index in [4.69, 9.17) is 4.74 Å². The van der Waals surface area contributed by atoms with Gasteiger partial charge < -0.3 is 15.0 Å². The van der Waals surface area contributed by atoms with Gasteiger partial charge in [-0.3, -0.25) is 0 Å². The Bertz CT molecular complexity index is 255. The summed E-state index contributed by atoms with van der Waals surface area (Å²) in [5.41, 5.74) is -0.413. The van der Waals surface area contributed by atoms with E-state index in [1.165, 1.54) is 6.42 Å². The normalized spacial score (nSPS) is 22.3. The average molecular weight is 242 g/mol. The van der Waals surface area contributed by atoms with Gasteiger partial charge in [0.1, 0.15) is 5.60 Å². The molecule has 2 unspecified atom stereocenters. The zero-order valence-electron chi connectivity index (χ0n) is 11.7. The molecular formula is C13H26N2O2. The van der Waals surface area contributed by atoms with Crippen LogP contribution in [0.5, 0.6) is 0 Å². The molecule has 4 heteroatoms. The van der Waals surface area contributed by atoms with Gasteiger partial charge in [-0.05, 0) is 52.1 Å². The average Bonchev–Trinajstić information content (AvgIpc) is 2.67. The lowest BCUT2D eigenvalue weighted by Crippen LogP contribution is -2.38. The van der Waals surface area contributed by atoms with Crippen LogP contribution in [0.2, 0.25) is 0 Å². The lowest BCUT2D eigenvalue weighted by molar-refractivity contribution is 0.0263. The van der Waals surface area contributed by atoms with Crippen molar-refractivity contribution in [2.24, 2.45) is 11.8 Å². The van der Waals surface area contributed by atoms with Crippen LogP contribution in [0.25, 0.3) is 0 Å². The summed E-state index contributed by atoms with van der Waals surface area (Å²) in [5.74, 6) is 1.20. The maximum absolute atomic E-state index is 11.8. The minimum Gasteiger partial charge on any atom is -0.444 e. The second kappa shape index (κ2) is 5.71. The van der Waals surface area contributed by atoms with Crippen molar-refractivity contribution in [2.45, 2.75) is 39.7 Å². The van der Waals surface area contributed by atoms with E-state index in [-0.39, 0.29) is 6.09 Å². The van der Waals surface area contributed by atoms with Crippen molar-refractivity contribution >= 4 is 6.09 Å². The fourth-order valence-electron chi connectivity index (χ4n) is 2.16. The highest BCUT2D eigenvalue weighted by atomic mass is 16.6. The van der Waals surface area contributed by atoms with Crippen molar-refractivity contribution in [3.8, 4) is 0 Å². The molecule has 1 fully saturated rings. The van der Waals surface area contributed by atoms with Crippen LogP contribution in [0, 0.1) is 11.8 Å². The van der Waals surface area contributed by atoms with E-state index in [2.05, 4.69) is 12.2 Å². The number of hydrogen-bond donors (Lipinski definition) is 1. The highest BCUT2D eigenvalue weighted by molar-refractivity contribution is 5.67. The monoisotopic (exact) mass is 242 g/mol. The number of carbonyl (C=O) groups excluding carboxylic acids is 1. The number of carbonyl (C=O) groups is 1. The van der Waals surface area contributed by atoms with Gasteiger partial charge in [-0.25, -0.2) is 4.79 Å². The Morgan fingerprint density at radius 1 is 1.53 bits per heavy atom. The number of nitrogens with one attached hydrogen (secondary N) is 1. The summed E-state index contributed by atoms with van der Waals surface area (Å²) in [6.45, 7) is 10.8. The number of nitrogens with zero attached hydrogens (tertiary/aromatic N) is 1. The molecule has 1 N–H and O–H groups in total. The zero-order valence-corrected chi connectivity index (χ0v) is 11.7. The number of amides is 1. The maximum Gasteiger partial charge on any atom is 0.410 e. The Kier molecular flexibility index (Phi) is 4.80.